The number of benzene rings is 1. The number of carbonyl (C=O) groups is 1. The number of piperazine rings is 1. The van der Waals surface area contributed by atoms with Crippen LogP contribution in [-0.4, -0.2) is 34.9 Å². The van der Waals surface area contributed by atoms with Crippen molar-refractivity contribution in [2.45, 2.75) is 26.4 Å². The maximum atomic E-state index is 11.6. The van der Waals surface area contributed by atoms with Crippen LogP contribution in [0.1, 0.15) is 23.6 Å². The molecule has 5 heteroatoms. The van der Waals surface area contributed by atoms with E-state index in [1.54, 1.807) is 0 Å². The molecule has 1 saturated heterocycles. The molecule has 1 unspecified atom stereocenters. The molecule has 1 aliphatic heterocycles. The lowest BCUT2D eigenvalue weighted by molar-refractivity contribution is -0.128. The molecule has 0 aliphatic carbocycles. The minimum atomic E-state index is -0.0802. The lowest BCUT2D eigenvalue weighted by atomic mass is 10.0. The van der Waals surface area contributed by atoms with Crippen molar-refractivity contribution < 1.29 is 4.79 Å². The second-order valence-electron chi connectivity index (χ2n) is 4.94. The van der Waals surface area contributed by atoms with Crippen molar-refractivity contribution >= 4 is 23.1 Å². The summed E-state index contributed by atoms with van der Waals surface area (Å²) in [6.07, 6.45) is 0. The van der Waals surface area contributed by atoms with Crippen molar-refractivity contribution in [3.05, 3.63) is 34.9 Å². The smallest absolute Gasteiger partial charge is 0.237 e. The third-order valence-corrected chi connectivity index (χ3v) is 3.86. The first-order chi connectivity index (χ1) is 8.99. The molecule has 0 saturated carbocycles. The number of aryl methyl sites for hydroxylation is 1. The zero-order valence-electron chi connectivity index (χ0n) is 11.3. The Hall–Kier alpha value is -1.46. The van der Waals surface area contributed by atoms with E-state index in [0.717, 1.165) is 24.2 Å². The number of carbonyl (C=O) groups excluding carboxylic acids is 1. The van der Waals surface area contributed by atoms with Gasteiger partial charge in [-0.15, -0.1) is 0 Å². The zero-order chi connectivity index (χ0) is 14.0. The molecule has 1 amide bonds. The Balaban J connectivity index is 2.15. The summed E-state index contributed by atoms with van der Waals surface area (Å²) in [7, 11) is 0. The highest BCUT2D eigenvalue weighted by Gasteiger charge is 2.25. The number of hydrogen-bond acceptors (Lipinski definition) is 3. The van der Waals surface area contributed by atoms with Gasteiger partial charge < -0.3 is 11.1 Å². The molecular formula is C14H19N3OS. The van der Waals surface area contributed by atoms with Gasteiger partial charge in [0, 0.05) is 25.2 Å². The topological polar surface area (TPSA) is 58.4 Å². The molecule has 2 rings (SSSR count). The van der Waals surface area contributed by atoms with Gasteiger partial charge in [0.2, 0.25) is 5.91 Å². The number of rotatable bonds is 3. The molecule has 1 fully saturated rings. The van der Waals surface area contributed by atoms with E-state index in [9.17, 15) is 4.79 Å². The summed E-state index contributed by atoms with van der Waals surface area (Å²) < 4.78 is 0. The fourth-order valence-corrected chi connectivity index (χ4v) is 2.42. The number of thiocarbonyl (C=S) groups is 1. The first-order valence-electron chi connectivity index (χ1n) is 6.40. The fourth-order valence-electron chi connectivity index (χ4n) is 2.29. The van der Waals surface area contributed by atoms with Gasteiger partial charge in [-0.3, -0.25) is 9.69 Å². The van der Waals surface area contributed by atoms with E-state index in [4.69, 9.17) is 18.0 Å². The number of nitrogens with one attached hydrogen (secondary N) is 1. The normalized spacial score (nSPS) is 20.1. The molecule has 4 nitrogen and oxygen atoms in total. The summed E-state index contributed by atoms with van der Waals surface area (Å²) in [4.78, 5) is 14.2. The second kappa shape index (κ2) is 5.67. The van der Waals surface area contributed by atoms with Crippen LogP contribution in [0.3, 0.4) is 0 Å². The average molecular weight is 277 g/mol. The lowest BCUT2D eigenvalue weighted by Crippen LogP contribution is -2.53. The van der Waals surface area contributed by atoms with Crippen LogP contribution in [0.15, 0.2) is 18.2 Å². The fraction of sp³-hybridized carbons (Fsp3) is 0.429. The Kier molecular flexibility index (Phi) is 4.17. The van der Waals surface area contributed by atoms with Gasteiger partial charge in [-0.25, -0.2) is 0 Å². The Morgan fingerprint density at radius 2 is 2.32 bits per heavy atom. The average Bonchev–Trinajstić information content (AvgIpc) is 2.37. The Morgan fingerprint density at radius 1 is 1.58 bits per heavy atom. The zero-order valence-corrected chi connectivity index (χ0v) is 12.1. The van der Waals surface area contributed by atoms with Crippen molar-refractivity contribution in [2.75, 3.05) is 13.1 Å². The molecule has 19 heavy (non-hydrogen) atoms. The predicted octanol–water partition coefficient (Wildman–Crippen LogP) is 0.950. The van der Waals surface area contributed by atoms with E-state index in [0.29, 0.717) is 11.5 Å². The Bertz CT molecular complexity index is 515. The van der Waals surface area contributed by atoms with Gasteiger partial charge in [0.1, 0.15) is 4.99 Å². The molecule has 0 bridgehead atoms. The summed E-state index contributed by atoms with van der Waals surface area (Å²) in [5.41, 5.74) is 8.88. The number of hydrogen-bond donors (Lipinski definition) is 2. The quantitative estimate of drug-likeness (QED) is 0.808. The van der Waals surface area contributed by atoms with Crippen molar-refractivity contribution in [2.24, 2.45) is 5.73 Å². The summed E-state index contributed by atoms with van der Waals surface area (Å²) >= 11 is 4.97. The van der Waals surface area contributed by atoms with Crippen LogP contribution in [0.5, 0.6) is 0 Å². The van der Waals surface area contributed by atoms with Crippen molar-refractivity contribution in [1.29, 1.82) is 0 Å². The largest absolute Gasteiger partial charge is 0.389 e. The highest BCUT2D eigenvalue weighted by Crippen LogP contribution is 2.16. The number of amides is 1. The Morgan fingerprint density at radius 3 is 2.95 bits per heavy atom. The molecule has 1 aromatic rings. The third kappa shape index (κ3) is 3.11. The maximum absolute atomic E-state index is 11.6. The summed E-state index contributed by atoms with van der Waals surface area (Å²) in [5.74, 6) is 0.101. The summed E-state index contributed by atoms with van der Waals surface area (Å²) in [6, 6.07) is 5.91. The van der Waals surface area contributed by atoms with Gasteiger partial charge in [-0.2, -0.15) is 0 Å². The molecule has 1 aliphatic rings. The van der Waals surface area contributed by atoms with Gasteiger partial charge in [-0.05, 0) is 31.0 Å². The van der Waals surface area contributed by atoms with Crippen molar-refractivity contribution in [3.8, 4) is 0 Å². The monoisotopic (exact) mass is 277 g/mol. The van der Waals surface area contributed by atoms with E-state index >= 15 is 0 Å². The summed E-state index contributed by atoms with van der Waals surface area (Å²) in [5, 5.41) is 2.87. The molecule has 0 spiro atoms. The van der Waals surface area contributed by atoms with E-state index in [-0.39, 0.29) is 11.9 Å². The van der Waals surface area contributed by atoms with Gasteiger partial charge in [-0.1, -0.05) is 24.4 Å². The number of nitrogens with two attached hydrogens (primary N) is 1. The highest BCUT2D eigenvalue weighted by atomic mass is 32.1. The first kappa shape index (κ1) is 14.0. The van der Waals surface area contributed by atoms with Crippen molar-refractivity contribution in [1.82, 2.24) is 10.2 Å². The van der Waals surface area contributed by atoms with Crippen LogP contribution in [0.2, 0.25) is 0 Å². The minimum absolute atomic E-state index is 0.0802. The van der Waals surface area contributed by atoms with Crippen LogP contribution in [0, 0.1) is 6.92 Å². The van der Waals surface area contributed by atoms with Gasteiger partial charge in [0.25, 0.3) is 0 Å². The molecule has 0 radical (unpaired) electrons. The van der Waals surface area contributed by atoms with Gasteiger partial charge in [0.05, 0.1) is 6.04 Å². The maximum Gasteiger partial charge on any atom is 0.237 e. The molecule has 1 heterocycles. The molecule has 0 aromatic heterocycles. The second-order valence-corrected chi connectivity index (χ2v) is 5.38. The van der Waals surface area contributed by atoms with E-state index < -0.39 is 0 Å². The highest BCUT2D eigenvalue weighted by molar-refractivity contribution is 7.80. The van der Waals surface area contributed by atoms with Crippen LogP contribution in [0.25, 0.3) is 0 Å². The molecule has 3 N–H and O–H groups in total. The SMILES string of the molecule is Cc1cc(C(N)=S)ccc1CN1CCNC(=O)C1C. The minimum Gasteiger partial charge on any atom is -0.389 e. The van der Waals surface area contributed by atoms with Crippen molar-refractivity contribution in [3.63, 3.8) is 0 Å². The molecule has 1 aromatic carbocycles. The van der Waals surface area contributed by atoms with Crippen LogP contribution < -0.4 is 11.1 Å². The lowest BCUT2D eigenvalue weighted by Gasteiger charge is -2.33. The van der Waals surface area contributed by atoms with Crippen LogP contribution in [-0.2, 0) is 11.3 Å². The standard InChI is InChI=1S/C14H19N3OS/c1-9-7-11(13(15)19)3-4-12(9)8-17-6-5-16-14(18)10(17)2/h3-4,7,10H,5-6,8H2,1-2H3,(H2,15,19)(H,16,18). The predicted molar refractivity (Wildman–Crippen MR) is 79.9 cm³/mol. The number of nitrogens with zero attached hydrogens (tertiary/aromatic N) is 1. The first-order valence-corrected chi connectivity index (χ1v) is 6.81. The van der Waals surface area contributed by atoms with E-state index in [1.165, 1.54) is 5.56 Å². The Labute approximate surface area is 119 Å². The summed E-state index contributed by atoms with van der Waals surface area (Å²) in [6.45, 7) is 6.35. The molecule has 102 valence electrons. The van der Waals surface area contributed by atoms with Gasteiger partial charge >= 0.3 is 0 Å². The third-order valence-electron chi connectivity index (χ3n) is 3.63. The van der Waals surface area contributed by atoms with Crippen LogP contribution >= 0.6 is 12.2 Å². The van der Waals surface area contributed by atoms with Gasteiger partial charge in [0.15, 0.2) is 0 Å². The molecule has 1 atom stereocenters. The van der Waals surface area contributed by atoms with E-state index in [1.807, 2.05) is 32.0 Å². The molecular weight excluding hydrogens is 258 g/mol. The van der Waals surface area contributed by atoms with Crippen LogP contribution in [0.4, 0.5) is 0 Å². The van der Waals surface area contributed by atoms with E-state index in [2.05, 4.69) is 10.2 Å².